The second-order valence-electron chi connectivity index (χ2n) is 5.45. The minimum atomic E-state index is -3.95. The van der Waals surface area contributed by atoms with E-state index in [0.717, 1.165) is 23.3 Å². The van der Waals surface area contributed by atoms with E-state index in [4.69, 9.17) is 10.5 Å². The van der Waals surface area contributed by atoms with Crippen LogP contribution in [0.2, 0.25) is 0 Å². The van der Waals surface area contributed by atoms with Crippen LogP contribution in [0.1, 0.15) is 17.2 Å². The molecule has 2 aromatic rings. The molecule has 0 unspecified atom stereocenters. The number of nitrogens with two attached hydrogens (primary N) is 1. The lowest BCUT2D eigenvalue weighted by Crippen LogP contribution is -2.40. The van der Waals surface area contributed by atoms with Crippen molar-refractivity contribution < 1.29 is 17.5 Å². The Labute approximate surface area is 134 Å². The molecule has 2 aromatic carbocycles. The summed E-state index contributed by atoms with van der Waals surface area (Å²) in [5.41, 5.74) is 8.08. The zero-order valence-corrected chi connectivity index (χ0v) is 13.3. The Bertz CT molecular complexity index is 839. The van der Waals surface area contributed by atoms with Gasteiger partial charge in [-0.1, -0.05) is 24.3 Å². The highest BCUT2D eigenvalue weighted by Gasteiger charge is 2.33. The van der Waals surface area contributed by atoms with E-state index in [2.05, 4.69) is 4.72 Å². The summed E-state index contributed by atoms with van der Waals surface area (Å²) in [4.78, 5) is -0.233. The summed E-state index contributed by atoms with van der Waals surface area (Å²) in [6.45, 7) is 0. The number of nitrogens with one attached hydrogen (secondary N) is 1. The number of sulfonamides is 1. The molecule has 0 fully saturated rings. The normalized spacial score (nSPS) is 20.3. The van der Waals surface area contributed by atoms with E-state index in [1.807, 2.05) is 24.3 Å². The molecular formula is C16H17FN2O3S. The number of benzene rings is 2. The van der Waals surface area contributed by atoms with Crippen molar-refractivity contribution in [3.63, 3.8) is 0 Å². The molecule has 0 bridgehead atoms. The van der Waals surface area contributed by atoms with Gasteiger partial charge in [0.15, 0.2) is 0 Å². The van der Waals surface area contributed by atoms with Gasteiger partial charge in [0.1, 0.15) is 16.5 Å². The summed E-state index contributed by atoms with van der Waals surface area (Å²) in [5, 5.41) is 0. The van der Waals surface area contributed by atoms with Crippen LogP contribution >= 0.6 is 0 Å². The van der Waals surface area contributed by atoms with E-state index in [1.54, 1.807) is 0 Å². The molecular weight excluding hydrogens is 319 g/mol. The molecule has 0 radical (unpaired) electrons. The van der Waals surface area contributed by atoms with Crippen molar-refractivity contribution in [2.75, 3.05) is 7.11 Å². The van der Waals surface area contributed by atoms with E-state index in [0.29, 0.717) is 6.42 Å². The van der Waals surface area contributed by atoms with Gasteiger partial charge in [0.05, 0.1) is 7.11 Å². The molecule has 0 aromatic heterocycles. The molecule has 0 spiro atoms. The molecule has 1 aliphatic rings. The molecule has 23 heavy (non-hydrogen) atoms. The number of methoxy groups -OCH3 is 1. The fraction of sp³-hybridized carbons (Fsp3) is 0.250. The topological polar surface area (TPSA) is 81.4 Å². The smallest absolute Gasteiger partial charge is 0.244 e. The van der Waals surface area contributed by atoms with Gasteiger partial charge in [-0.05, 0) is 35.7 Å². The first kappa shape index (κ1) is 15.9. The first-order chi connectivity index (χ1) is 10.9. The van der Waals surface area contributed by atoms with Crippen molar-refractivity contribution in [2.45, 2.75) is 23.4 Å². The first-order valence-corrected chi connectivity index (χ1v) is 8.60. The molecule has 0 amide bonds. The van der Waals surface area contributed by atoms with Gasteiger partial charge in [-0.25, -0.2) is 17.5 Å². The van der Waals surface area contributed by atoms with E-state index < -0.39 is 27.9 Å². The van der Waals surface area contributed by atoms with Crippen LogP contribution in [-0.2, 0) is 16.4 Å². The molecule has 5 nitrogen and oxygen atoms in total. The maximum atomic E-state index is 13.4. The van der Waals surface area contributed by atoms with Gasteiger partial charge < -0.3 is 10.5 Å². The summed E-state index contributed by atoms with van der Waals surface area (Å²) in [7, 11) is -2.62. The molecule has 0 saturated heterocycles. The van der Waals surface area contributed by atoms with Crippen molar-refractivity contribution in [3.05, 3.63) is 59.4 Å². The van der Waals surface area contributed by atoms with Crippen LogP contribution < -0.4 is 15.2 Å². The maximum absolute atomic E-state index is 13.4. The van der Waals surface area contributed by atoms with Crippen molar-refractivity contribution >= 4 is 10.0 Å². The number of fused-ring (bicyclic) bond motifs is 1. The van der Waals surface area contributed by atoms with Crippen LogP contribution in [0.15, 0.2) is 47.4 Å². The Morgan fingerprint density at radius 1 is 1.26 bits per heavy atom. The largest absolute Gasteiger partial charge is 0.495 e. The van der Waals surface area contributed by atoms with Gasteiger partial charge >= 0.3 is 0 Å². The van der Waals surface area contributed by atoms with Crippen LogP contribution in [0, 0.1) is 5.82 Å². The second kappa shape index (κ2) is 5.92. The predicted octanol–water partition coefficient (Wildman–Crippen LogP) is 1.74. The first-order valence-electron chi connectivity index (χ1n) is 7.11. The lowest BCUT2D eigenvalue weighted by molar-refractivity contribution is 0.400. The number of rotatable bonds is 4. The summed E-state index contributed by atoms with van der Waals surface area (Å²) in [6.07, 6.45) is 0.494. The van der Waals surface area contributed by atoms with Gasteiger partial charge in [-0.2, -0.15) is 0 Å². The zero-order chi connectivity index (χ0) is 16.6. The third-order valence-electron chi connectivity index (χ3n) is 4.01. The summed E-state index contributed by atoms with van der Waals surface area (Å²) < 4.78 is 46.2. The lowest BCUT2D eigenvalue weighted by atomic mass is 10.1. The van der Waals surface area contributed by atoms with E-state index in [1.165, 1.54) is 13.2 Å². The minimum Gasteiger partial charge on any atom is -0.495 e. The Morgan fingerprint density at radius 2 is 2.00 bits per heavy atom. The fourth-order valence-electron chi connectivity index (χ4n) is 2.86. The molecule has 2 atom stereocenters. The molecule has 122 valence electrons. The van der Waals surface area contributed by atoms with E-state index in [-0.39, 0.29) is 10.6 Å². The third kappa shape index (κ3) is 2.95. The van der Waals surface area contributed by atoms with Crippen molar-refractivity contribution in [3.8, 4) is 5.75 Å². The second-order valence-corrected chi connectivity index (χ2v) is 7.13. The van der Waals surface area contributed by atoms with Crippen molar-refractivity contribution in [2.24, 2.45) is 5.73 Å². The van der Waals surface area contributed by atoms with Gasteiger partial charge in [-0.3, -0.25) is 0 Å². The number of hydrogen-bond donors (Lipinski definition) is 2. The molecule has 1 aliphatic carbocycles. The van der Waals surface area contributed by atoms with E-state index >= 15 is 0 Å². The SMILES string of the molecule is COc1ccc(F)cc1S(=O)(=O)N[C@@H]1Cc2ccccc2[C@H]1N. The molecule has 3 N–H and O–H groups in total. The molecule has 0 heterocycles. The highest BCUT2D eigenvalue weighted by Crippen LogP contribution is 2.31. The van der Waals surface area contributed by atoms with Crippen molar-refractivity contribution in [1.82, 2.24) is 4.72 Å². The van der Waals surface area contributed by atoms with Gasteiger partial charge in [0.2, 0.25) is 10.0 Å². The fourth-order valence-corrected chi connectivity index (χ4v) is 4.30. The summed E-state index contributed by atoms with van der Waals surface area (Å²) in [6, 6.07) is 10.0. The zero-order valence-electron chi connectivity index (χ0n) is 12.5. The van der Waals surface area contributed by atoms with E-state index in [9.17, 15) is 12.8 Å². The average Bonchev–Trinajstić information content (AvgIpc) is 2.83. The quantitative estimate of drug-likeness (QED) is 0.891. The van der Waals surface area contributed by atoms with Gasteiger partial charge in [-0.15, -0.1) is 0 Å². The van der Waals surface area contributed by atoms with Gasteiger partial charge in [0.25, 0.3) is 0 Å². The standard InChI is InChI=1S/C16H17FN2O3S/c1-22-14-7-6-11(17)9-15(14)23(20,21)19-13-8-10-4-2-3-5-12(10)16(13)18/h2-7,9,13,16,19H,8,18H2,1H3/t13-,16-/m1/s1. The van der Waals surface area contributed by atoms with Crippen molar-refractivity contribution in [1.29, 1.82) is 0 Å². The van der Waals surface area contributed by atoms with Crippen LogP contribution in [0.5, 0.6) is 5.75 Å². The molecule has 7 heteroatoms. The Kier molecular flexibility index (Phi) is 4.09. The van der Waals surface area contributed by atoms with Gasteiger partial charge in [0, 0.05) is 12.1 Å². The Hall–Kier alpha value is -1.96. The number of halogens is 1. The monoisotopic (exact) mass is 336 g/mol. The summed E-state index contributed by atoms with van der Waals surface area (Å²) in [5.74, 6) is -0.562. The maximum Gasteiger partial charge on any atom is 0.244 e. The molecule has 0 saturated carbocycles. The highest BCUT2D eigenvalue weighted by molar-refractivity contribution is 7.89. The van der Waals surface area contributed by atoms with Crippen LogP contribution in [0.4, 0.5) is 4.39 Å². The van der Waals surface area contributed by atoms with Crippen LogP contribution in [0.25, 0.3) is 0 Å². The summed E-state index contributed by atoms with van der Waals surface area (Å²) >= 11 is 0. The average molecular weight is 336 g/mol. The number of ether oxygens (including phenoxy) is 1. The van der Waals surface area contributed by atoms with Crippen LogP contribution in [0.3, 0.4) is 0 Å². The predicted molar refractivity (Wildman–Crippen MR) is 84.1 cm³/mol. The lowest BCUT2D eigenvalue weighted by Gasteiger charge is -2.19. The molecule has 0 aliphatic heterocycles. The highest BCUT2D eigenvalue weighted by atomic mass is 32.2. The molecule has 3 rings (SSSR count). The Balaban J connectivity index is 1.90. The Morgan fingerprint density at radius 3 is 2.70 bits per heavy atom. The third-order valence-corrected chi connectivity index (χ3v) is 5.52. The number of hydrogen-bond acceptors (Lipinski definition) is 4. The minimum absolute atomic E-state index is 0.0861. The van der Waals surface area contributed by atoms with Crippen LogP contribution in [-0.4, -0.2) is 21.6 Å².